The van der Waals surface area contributed by atoms with Gasteiger partial charge in [-0.3, -0.25) is 9.69 Å². The smallest absolute Gasteiger partial charge is 0.252 e. The third-order valence-electron chi connectivity index (χ3n) is 7.12. The number of piperidine rings is 1. The van der Waals surface area contributed by atoms with Crippen molar-refractivity contribution in [2.75, 3.05) is 13.1 Å². The summed E-state index contributed by atoms with van der Waals surface area (Å²) in [7, 11) is 0. The van der Waals surface area contributed by atoms with Crippen LogP contribution in [0, 0.1) is 0 Å². The van der Waals surface area contributed by atoms with Gasteiger partial charge in [0.1, 0.15) is 0 Å². The van der Waals surface area contributed by atoms with Crippen LogP contribution >= 0.6 is 0 Å². The summed E-state index contributed by atoms with van der Waals surface area (Å²) in [6.07, 6.45) is 2.04. The maximum atomic E-state index is 14.1. The molecule has 0 bridgehead atoms. The molecule has 1 aromatic heterocycles. The van der Waals surface area contributed by atoms with E-state index in [1.807, 2.05) is 60.7 Å². The molecule has 0 radical (unpaired) electrons. The molecule has 1 aliphatic rings. The van der Waals surface area contributed by atoms with Crippen molar-refractivity contribution in [3.8, 4) is 11.3 Å². The summed E-state index contributed by atoms with van der Waals surface area (Å²) in [4.78, 5) is 21.5. The van der Waals surface area contributed by atoms with Crippen LogP contribution in [0.4, 0.5) is 0 Å². The topological polar surface area (TPSA) is 65.5 Å². The van der Waals surface area contributed by atoms with Crippen molar-refractivity contribution in [2.24, 2.45) is 0 Å². The molecule has 5 rings (SSSR count). The zero-order valence-electron chi connectivity index (χ0n) is 20.7. The second-order valence-electron chi connectivity index (χ2n) is 9.55. The molecule has 1 fully saturated rings. The van der Waals surface area contributed by atoms with Crippen molar-refractivity contribution < 1.29 is 9.90 Å². The Kier molecular flexibility index (Phi) is 7.40. The van der Waals surface area contributed by atoms with E-state index in [0.29, 0.717) is 12.1 Å². The Hall–Kier alpha value is -3.54. The van der Waals surface area contributed by atoms with Crippen LogP contribution in [-0.4, -0.2) is 40.1 Å². The number of carbonyl (C=O) groups excluding carboxylic acids is 1. The van der Waals surface area contributed by atoms with Crippen molar-refractivity contribution in [1.29, 1.82) is 0 Å². The van der Waals surface area contributed by atoms with Crippen molar-refractivity contribution in [2.45, 2.75) is 44.9 Å². The monoisotopic (exact) mass is 479 g/mol. The van der Waals surface area contributed by atoms with Gasteiger partial charge in [-0.05, 0) is 30.9 Å². The van der Waals surface area contributed by atoms with Crippen molar-refractivity contribution in [3.05, 3.63) is 102 Å². The van der Waals surface area contributed by atoms with Gasteiger partial charge in [-0.2, -0.15) is 0 Å². The van der Waals surface area contributed by atoms with E-state index in [1.54, 1.807) is 0 Å². The molecule has 1 amide bonds. The summed E-state index contributed by atoms with van der Waals surface area (Å²) in [6.45, 7) is 4.30. The van der Waals surface area contributed by atoms with E-state index in [4.69, 9.17) is 4.98 Å². The predicted octanol–water partition coefficient (Wildman–Crippen LogP) is 5.74. The number of benzene rings is 3. The minimum absolute atomic E-state index is 0.0754. The first-order valence-corrected chi connectivity index (χ1v) is 12.9. The molecule has 1 unspecified atom stereocenters. The highest BCUT2D eigenvalue weighted by Crippen LogP contribution is 2.32. The first kappa shape index (κ1) is 24.2. The molecular weight excluding hydrogens is 446 g/mol. The van der Waals surface area contributed by atoms with E-state index in [2.05, 4.69) is 41.4 Å². The van der Waals surface area contributed by atoms with Gasteiger partial charge in [-0.15, -0.1) is 0 Å². The molecule has 1 saturated heterocycles. The van der Waals surface area contributed by atoms with Crippen molar-refractivity contribution >= 4 is 16.8 Å². The summed E-state index contributed by atoms with van der Waals surface area (Å²) in [6, 6.07) is 28.1. The standard InChI is InChI=1S/C31H33N3O2/c1-2-27(22-11-5-3-6-12-22)33-31(36)29-25-15-9-10-16-28(25)32-30(23-13-7-4-8-14-23)26(29)21-34-19-17-24(35)18-20-34/h3-16,24,27,35H,2,17-21H2,1H3,(H,33,36). The first-order chi connectivity index (χ1) is 17.6. The number of likely N-dealkylation sites (tertiary alicyclic amines) is 1. The lowest BCUT2D eigenvalue weighted by Gasteiger charge is -2.31. The maximum absolute atomic E-state index is 14.1. The number of hydrogen-bond acceptors (Lipinski definition) is 4. The summed E-state index contributed by atoms with van der Waals surface area (Å²) < 4.78 is 0. The van der Waals surface area contributed by atoms with Crippen LogP contribution in [0.3, 0.4) is 0 Å². The third-order valence-corrected chi connectivity index (χ3v) is 7.12. The summed E-state index contributed by atoms with van der Waals surface area (Å²) in [5.41, 5.74) is 5.39. The highest BCUT2D eigenvalue weighted by molar-refractivity contribution is 6.09. The zero-order valence-corrected chi connectivity index (χ0v) is 20.7. The van der Waals surface area contributed by atoms with Gasteiger partial charge in [0.2, 0.25) is 0 Å². The summed E-state index contributed by atoms with van der Waals surface area (Å²) >= 11 is 0. The Morgan fingerprint density at radius 1 is 0.972 bits per heavy atom. The molecule has 0 saturated carbocycles. The molecular formula is C31H33N3O2. The van der Waals surface area contributed by atoms with E-state index < -0.39 is 0 Å². The van der Waals surface area contributed by atoms with Gasteiger partial charge < -0.3 is 10.4 Å². The van der Waals surface area contributed by atoms with Crippen LogP contribution < -0.4 is 5.32 Å². The molecule has 0 aliphatic carbocycles. The number of pyridine rings is 1. The number of fused-ring (bicyclic) bond motifs is 1. The molecule has 3 aromatic carbocycles. The van der Waals surface area contributed by atoms with E-state index in [0.717, 1.165) is 65.6 Å². The molecule has 0 spiro atoms. The molecule has 1 aliphatic heterocycles. The summed E-state index contributed by atoms with van der Waals surface area (Å²) in [5.74, 6) is -0.0754. The van der Waals surface area contributed by atoms with Gasteiger partial charge in [-0.25, -0.2) is 4.98 Å². The normalized spacial score (nSPS) is 15.6. The van der Waals surface area contributed by atoms with E-state index in [9.17, 15) is 9.90 Å². The Morgan fingerprint density at radius 2 is 1.61 bits per heavy atom. The lowest BCUT2D eigenvalue weighted by Crippen LogP contribution is -2.36. The molecule has 5 nitrogen and oxygen atoms in total. The Morgan fingerprint density at radius 3 is 2.31 bits per heavy atom. The van der Waals surface area contributed by atoms with Gasteiger partial charge in [0.15, 0.2) is 0 Å². The number of nitrogens with one attached hydrogen (secondary N) is 1. The average Bonchev–Trinajstić information content (AvgIpc) is 2.93. The average molecular weight is 480 g/mol. The largest absolute Gasteiger partial charge is 0.393 e. The second kappa shape index (κ2) is 11.0. The number of amides is 1. The highest BCUT2D eigenvalue weighted by Gasteiger charge is 2.26. The minimum Gasteiger partial charge on any atom is -0.393 e. The number of carbonyl (C=O) groups is 1. The number of nitrogens with zero attached hydrogens (tertiary/aromatic N) is 2. The van der Waals surface area contributed by atoms with Gasteiger partial charge in [0.05, 0.1) is 28.9 Å². The molecule has 2 N–H and O–H groups in total. The number of hydrogen-bond donors (Lipinski definition) is 2. The third kappa shape index (κ3) is 5.18. The molecule has 36 heavy (non-hydrogen) atoms. The second-order valence-corrected chi connectivity index (χ2v) is 9.55. The van der Waals surface area contributed by atoms with E-state index in [-0.39, 0.29) is 18.1 Å². The fourth-order valence-corrected chi connectivity index (χ4v) is 5.14. The number of rotatable bonds is 7. The quantitative estimate of drug-likeness (QED) is 0.355. The number of aromatic nitrogens is 1. The van der Waals surface area contributed by atoms with Crippen LogP contribution in [0.5, 0.6) is 0 Å². The molecule has 4 aromatic rings. The lowest BCUT2D eigenvalue weighted by molar-refractivity contribution is 0.0786. The van der Waals surface area contributed by atoms with Crippen LogP contribution in [0.2, 0.25) is 0 Å². The van der Waals surface area contributed by atoms with Gasteiger partial charge in [0, 0.05) is 36.1 Å². The van der Waals surface area contributed by atoms with Crippen LogP contribution in [0.1, 0.15) is 53.7 Å². The van der Waals surface area contributed by atoms with Crippen molar-refractivity contribution in [3.63, 3.8) is 0 Å². The lowest BCUT2D eigenvalue weighted by atomic mass is 9.94. The number of para-hydroxylation sites is 1. The van der Waals surface area contributed by atoms with Crippen LogP contribution in [0.25, 0.3) is 22.2 Å². The van der Waals surface area contributed by atoms with Gasteiger partial charge >= 0.3 is 0 Å². The van der Waals surface area contributed by atoms with Crippen LogP contribution in [0.15, 0.2) is 84.9 Å². The highest BCUT2D eigenvalue weighted by atomic mass is 16.3. The fourth-order valence-electron chi connectivity index (χ4n) is 5.14. The molecule has 1 atom stereocenters. The fraction of sp³-hybridized carbons (Fsp3) is 0.290. The molecule has 2 heterocycles. The van der Waals surface area contributed by atoms with Gasteiger partial charge in [-0.1, -0.05) is 85.8 Å². The minimum atomic E-state index is -0.247. The van der Waals surface area contributed by atoms with E-state index in [1.165, 1.54) is 0 Å². The number of aliphatic hydroxyl groups is 1. The maximum Gasteiger partial charge on any atom is 0.252 e. The summed E-state index contributed by atoms with van der Waals surface area (Å²) in [5, 5.41) is 14.2. The van der Waals surface area contributed by atoms with Crippen molar-refractivity contribution in [1.82, 2.24) is 15.2 Å². The SMILES string of the molecule is CCC(NC(=O)c1c(CN2CCC(O)CC2)c(-c2ccccc2)nc2ccccc12)c1ccccc1. The first-order valence-electron chi connectivity index (χ1n) is 12.9. The molecule has 184 valence electrons. The Balaban J connectivity index is 1.63. The molecule has 5 heteroatoms. The Labute approximate surface area is 212 Å². The van der Waals surface area contributed by atoms with Crippen LogP contribution in [-0.2, 0) is 6.54 Å². The number of aliphatic hydroxyl groups excluding tert-OH is 1. The zero-order chi connectivity index (χ0) is 24.9. The Bertz CT molecular complexity index is 1320. The van der Waals surface area contributed by atoms with E-state index >= 15 is 0 Å². The van der Waals surface area contributed by atoms with Gasteiger partial charge in [0.25, 0.3) is 5.91 Å². The predicted molar refractivity (Wildman–Crippen MR) is 145 cm³/mol.